The van der Waals surface area contributed by atoms with E-state index in [9.17, 15) is 9.59 Å². The summed E-state index contributed by atoms with van der Waals surface area (Å²) < 4.78 is 12.2. The van der Waals surface area contributed by atoms with Crippen molar-refractivity contribution in [2.45, 2.75) is 26.3 Å². The van der Waals surface area contributed by atoms with Crippen molar-refractivity contribution in [1.29, 1.82) is 0 Å². The van der Waals surface area contributed by atoms with Gasteiger partial charge in [0.15, 0.2) is 0 Å². The molecule has 2 aromatic rings. The Morgan fingerprint density at radius 2 is 2.00 bits per heavy atom. The maximum atomic E-state index is 11.6. The van der Waals surface area contributed by atoms with E-state index in [4.69, 9.17) is 21.1 Å². The van der Waals surface area contributed by atoms with Crippen LogP contribution in [0.15, 0.2) is 34.4 Å². The molecular weight excluding hydrogens is 338 g/mol. The average Bonchev–Trinajstić information content (AvgIpc) is 2.85. The van der Waals surface area contributed by atoms with Crippen molar-refractivity contribution in [3.63, 3.8) is 0 Å². The SMILES string of the molecule is Cc1csc(=O)n1CCC(=O)OCCCOc1ccc(Cl)cc1. The molecule has 0 aliphatic heterocycles. The maximum absolute atomic E-state index is 11.6. The molecule has 0 N–H and O–H groups in total. The van der Waals surface area contributed by atoms with Crippen molar-refractivity contribution < 1.29 is 14.3 Å². The van der Waals surface area contributed by atoms with E-state index in [1.807, 2.05) is 6.92 Å². The number of carbonyl (C=O) groups is 1. The zero-order valence-corrected chi connectivity index (χ0v) is 14.4. The Bertz CT molecular complexity index is 693. The van der Waals surface area contributed by atoms with Gasteiger partial charge in [-0.05, 0) is 31.2 Å². The Morgan fingerprint density at radius 1 is 1.26 bits per heavy atom. The number of thiazole rings is 1. The third kappa shape index (κ3) is 5.73. The molecule has 0 atom stereocenters. The Hall–Kier alpha value is -1.79. The minimum Gasteiger partial charge on any atom is -0.493 e. The molecular formula is C16H18ClNO4S. The first-order chi connectivity index (χ1) is 11.1. The van der Waals surface area contributed by atoms with Crippen molar-refractivity contribution in [3.8, 4) is 5.75 Å². The molecule has 0 unspecified atom stereocenters. The van der Waals surface area contributed by atoms with E-state index in [1.54, 1.807) is 34.2 Å². The summed E-state index contributed by atoms with van der Waals surface area (Å²) >= 11 is 6.92. The summed E-state index contributed by atoms with van der Waals surface area (Å²) in [5.41, 5.74) is 0.865. The smallest absolute Gasteiger partial charge is 0.307 e. The van der Waals surface area contributed by atoms with Crippen LogP contribution in [0.1, 0.15) is 18.5 Å². The number of esters is 1. The van der Waals surface area contributed by atoms with Crippen molar-refractivity contribution in [2.75, 3.05) is 13.2 Å². The van der Waals surface area contributed by atoms with E-state index in [0.29, 0.717) is 31.2 Å². The molecule has 23 heavy (non-hydrogen) atoms. The number of benzene rings is 1. The molecule has 0 saturated heterocycles. The minimum atomic E-state index is -0.311. The summed E-state index contributed by atoms with van der Waals surface area (Å²) in [5.74, 6) is 0.419. The summed E-state index contributed by atoms with van der Waals surface area (Å²) in [6, 6.07) is 7.08. The summed E-state index contributed by atoms with van der Waals surface area (Å²) in [4.78, 5) is 23.1. The third-order valence-electron chi connectivity index (χ3n) is 3.15. The molecule has 7 heteroatoms. The number of halogens is 1. The molecule has 0 amide bonds. The van der Waals surface area contributed by atoms with Crippen molar-refractivity contribution in [2.24, 2.45) is 0 Å². The Kier molecular flexibility index (Phi) is 6.67. The van der Waals surface area contributed by atoms with Gasteiger partial charge in [-0.2, -0.15) is 0 Å². The highest BCUT2D eigenvalue weighted by Gasteiger charge is 2.07. The monoisotopic (exact) mass is 355 g/mol. The first-order valence-corrected chi connectivity index (χ1v) is 8.51. The van der Waals surface area contributed by atoms with Gasteiger partial charge in [0.1, 0.15) is 5.75 Å². The molecule has 1 aromatic carbocycles. The second-order valence-electron chi connectivity index (χ2n) is 4.92. The van der Waals surface area contributed by atoms with Crippen LogP contribution in [0.3, 0.4) is 0 Å². The fourth-order valence-electron chi connectivity index (χ4n) is 1.92. The Labute approximate surface area is 143 Å². The van der Waals surface area contributed by atoms with Crippen LogP contribution >= 0.6 is 22.9 Å². The van der Waals surface area contributed by atoms with E-state index in [2.05, 4.69) is 0 Å². The van der Waals surface area contributed by atoms with Gasteiger partial charge in [0.2, 0.25) is 0 Å². The summed E-state index contributed by atoms with van der Waals surface area (Å²) in [7, 11) is 0. The van der Waals surface area contributed by atoms with Gasteiger partial charge >= 0.3 is 10.8 Å². The minimum absolute atomic E-state index is 0.0494. The van der Waals surface area contributed by atoms with E-state index in [1.165, 1.54) is 0 Å². The van der Waals surface area contributed by atoms with Crippen LogP contribution in [0.2, 0.25) is 5.02 Å². The lowest BCUT2D eigenvalue weighted by molar-refractivity contribution is -0.144. The quantitative estimate of drug-likeness (QED) is 0.538. The highest BCUT2D eigenvalue weighted by molar-refractivity contribution is 7.07. The van der Waals surface area contributed by atoms with E-state index >= 15 is 0 Å². The van der Waals surface area contributed by atoms with E-state index in [-0.39, 0.29) is 17.3 Å². The first kappa shape index (κ1) is 17.6. The number of aromatic nitrogens is 1. The fourth-order valence-corrected chi connectivity index (χ4v) is 2.80. The molecule has 0 fully saturated rings. The van der Waals surface area contributed by atoms with E-state index in [0.717, 1.165) is 22.8 Å². The van der Waals surface area contributed by atoms with Gasteiger partial charge in [-0.15, -0.1) is 0 Å². The fraction of sp³-hybridized carbons (Fsp3) is 0.375. The second kappa shape index (κ2) is 8.74. The Balaban J connectivity index is 1.60. The molecule has 5 nitrogen and oxygen atoms in total. The van der Waals surface area contributed by atoms with Gasteiger partial charge in [0.05, 0.1) is 19.6 Å². The van der Waals surface area contributed by atoms with Gasteiger partial charge < -0.3 is 14.0 Å². The first-order valence-electron chi connectivity index (χ1n) is 7.25. The van der Waals surface area contributed by atoms with Gasteiger partial charge in [0.25, 0.3) is 0 Å². The topological polar surface area (TPSA) is 57.5 Å². The summed E-state index contributed by atoms with van der Waals surface area (Å²) in [6.45, 7) is 2.95. The number of aryl methyl sites for hydroxylation is 1. The molecule has 0 saturated carbocycles. The molecule has 1 heterocycles. The largest absolute Gasteiger partial charge is 0.493 e. The molecule has 0 bridgehead atoms. The second-order valence-corrected chi connectivity index (χ2v) is 6.18. The number of hydrogen-bond donors (Lipinski definition) is 0. The summed E-state index contributed by atoms with van der Waals surface area (Å²) in [5, 5.41) is 2.44. The summed E-state index contributed by atoms with van der Waals surface area (Å²) in [6.07, 6.45) is 0.793. The standard InChI is InChI=1S/C16H18ClNO4S/c1-12-11-23-16(20)18(12)8-7-15(19)22-10-2-9-21-14-5-3-13(17)4-6-14/h3-6,11H,2,7-10H2,1H3. The molecule has 2 rings (SSSR count). The van der Waals surface area contributed by atoms with Gasteiger partial charge in [-0.25, -0.2) is 0 Å². The van der Waals surface area contributed by atoms with Crippen LogP contribution < -0.4 is 9.61 Å². The average molecular weight is 356 g/mol. The van der Waals surface area contributed by atoms with Crippen LogP contribution in [-0.2, 0) is 16.1 Å². The van der Waals surface area contributed by atoms with Crippen LogP contribution in [0.4, 0.5) is 0 Å². The predicted molar refractivity (Wildman–Crippen MR) is 90.5 cm³/mol. The number of hydrogen-bond acceptors (Lipinski definition) is 5. The third-order valence-corrected chi connectivity index (χ3v) is 4.28. The molecule has 1 aromatic heterocycles. The lowest BCUT2D eigenvalue weighted by Gasteiger charge is -2.08. The molecule has 0 aliphatic carbocycles. The molecule has 124 valence electrons. The van der Waals surface area contributed by atoms with Gasteiger partial charge in [-0.3, -0.25) is 9.59 Å². The van der Waals surface area contributed by atoms with E-state index < -0.39 is 0 Å². The Morgan fingerprint density at radius 3 is 2.65 bits per heavy atom. The van der Waals surface area contributed by atoms with Crippen molar-refractivity contribution in [1.82, 2.24) is 4.57 Å². The lowest BCUT2D eigenvalue weighted by atomic mass is 10.3. The number of rotatable bonds is 8. The molecule has 0 aliphatic rings. The highest BCUT2D eigenvalue weighted by Crippen LogP contribution is 2.15. The van der Waals surface area contributed by atoms with Crippen LogP contribution in [-0.4, -0.2) is 23.8 Å². The van der Waals surface area contributed by atoms with Gasteiger partial charge in [-0.1, -0.05) is 22.9 Å². The van der Waals surface area contributed by atoms with Crippen molar-refractivity contribution in [3.05, 3.63) is 50.0 Å². The number of ether oxygens (including phenoxy) is 2. The van der Waals surface area contributed by atoms with Crippen LogP contribution in [0.5, 0.6) is 5.75 Å². The zero-order chi connectivity index (χ0) is 16.7. The van der Waals surface area contributed by atoms with Crippen LogP contribution in [0, 0.1) is 6.92 Å². The van der Waals surface area contributed by atoms with Crippen molar-refractivity contribution >= 4 is 28.9 Å². The number of carbonyl (C=O) groups excluding carboxylic acids is 1. The van der Waals surface area contributed by atoms with Gasteiger partial charge in [0, 0.05) is 29.1 Å². The predicted octanol–water partition coefficient (Wildman–Crippen LogP) is 3.27. The lowest BCUT2D eigenvalue weighted by Crippen LogP contribution is -2.18. The highest BCUT2D eigenvalue weighted by atomic mass is 35.5. The maximum Gasteiger partial charge on any atom is 0.307 e. The normalized spacial score (nSPS) is 10.5. The zero-order valence-electron chi connectivity index (χ0n) is 12.8. The molecule has 0 radical (unpaired) electrons. The van der Waals surface area contributed by atoms with Crippen LogP contribution in [0.25, 0.3) is 0 Å². The number of nitrogens with zero attached hydrogens (tertiary/aromatic N) is 1. The molecule has 0 spiro atoms.